The summed E-state index contributed by atoms with van der Waals surface area (Å²) in [6, 6.07) is 9.22. The van der Waals surface area contributed by atoms with Crippen molar-refractivity contribution in [3.05, 3.63) is 47.1 Å². The van der Waals surface area contributed by atoms with Gasteiger partial charge in [-0.3, -0.25) is 9.89 Å². The maximum absolute atomic E-state index is 12.7. The normalized spacial score (nSPS) is 14.3. The van der Waals surface area contributed by atoms with Crippen LogP contribution in [-0.2, 0) is 7.05 Å². The summed E-state index contributed by atoms with van der Waals surface area (Å²) in [6.07, 6.45) is 1.68. The number of methoxy groups -OCH3 is 1. The molecule has 5 rings (SSSR count). The number of carbonyl (C=O) groups excluding carboxylic acids is 1. The minimum Gasteiger partial charge on any atom is -0.496 e. The number of likely N-dealkylation sites (N-methyl/N-ethyl adjacent to an activating group) is 1. The number of H-pyrrole nitrogens is 1. The van der Waals surface area contributed by atoms with Crippen LogP contribution in [0.3, 0.4) is 0 Å². The predicted molar refractivity (Wildman–Crippen MR) is 126 cm³/mol. The van der Waals surface area contributed by atoms with Gasteiger partial charge in [-0.15, -0.1) is 5.10 Å². The van der Waals surface area contributed by atoms with Crippen molar-refractivity contribution in [2.75, 3.05) is 32.6 Å². The number of nitrogens with one attached hydrogen (secondary N) is 3. The molecule has 1 aliphatic rings. The fourth-order valence-corrected chi connectivity index (χ4v) is 4.15. The number of ether oxygens (including phenoxy) is 1. The summed E-state index contributed by atoms with van der Waals surface area (Å²) in [4.78, 5) is 19.4. The van der Waals surface area contributed by atoms with Crippen molar-refractivity contribution in [1.82, 2.24) is 35.2 Å². The molecule has 0 bridgehead atoms. The summed E-state index contributed by atoms with van der Waals surface area (Å²) in [5, 5.41) is 19.0. The number of hydrogen-bond acceptors (Lipinski definition) is 7. The molecular weight excluding hydrogens is 444 g/mol. The molecule has 1 aliphatic heterocycles. The number of likely N-dealkylation sites (tertiary alicyclic amines) is 1. The van der Waals surface area contributed by atoms with Crippen LogP contribution < -0.4 is 15.4 Å². The Bertz CT molecular complexity index is 1340. The molecule has 0 saturated carbocycles. The molecule has 1 fully saturated rings. The highest BCUT2D eigenvalue weighted by atomic mass is 35.5. The number of aromatic amines is 1. The SMILES string of the molecule is COc1cc(-c2nc(Nc3ccc4[nH]ncc4c3Cl)n(C)n2)ccc1C(=O)NC1CN(C)C1. The molecule has 0 spiro atoms. The van der Waals surface area contributed by atoms with E-state index in [4.69, 9.17) is 16.3 Å². The first-order chi connectivity index (χ1) is 15.9. The standard InChI is InChI=1S/C22H23ClN8O2/c1-30-10-13(11-30)25-21(32)14-5-4-12(8-18(14)33-3)20-27-22(31(2)29-20)26-17-7-6-16-15(19(17)23)9-24-28-16/h4-9,13H,10-11H2,1-3H3,(H,24,28)(H,25,32)(H,26,27,29). The molecular formula is C22H23ClN8O2. The average molecular weight is 467 g/mol. The number of fused-ring (bicyclic) bond motifs is 1. The molecule has 0 unspecified atom stereocenters. The van der Waals surface area contributed by atoms with E-state index in [-0.39, 0.29) is 11.9 Å². The first-order valence-corrected chi connectivity index (χ1v) is 10.8. The summed E-state index contributed by atoms with van der Waals surface area (Å²) in [5.74, 6) is 1.32. The highest BCUT2D eigenvalue weighted by molar-refractivity contribution is 6.38. The van der Waals surface area contributed by atoms with Gasteiger partial charge < -0.3 is 20.3 Å². The third kappa shape index (κ3) is 3.98. The molecule has 2 aromatic carbocycles. The van der Waals surface area contributed by atoms with E-state index in [0.717, 1.165) is 29.6 Å². The number of carbonyl (C=O) groups is 1. The Hall–Kier alpha value is -3.63. The van der Waals surface area contributed by atoms with E-state index in [1.807, 2.05) is 25.2 Å². The van der Waals surface area contributed by atoms with Crippen molar-refractivity contribution < 1.29 is 9.53 Å². The van der Waals surface area contributed by atoms with Gasteiger partial charge in [-0.25, -0.2) is 4.68 Å². The Kier molecular flexibility index (Phi) is 5.39. The van der Waals surface area contributed by atoms with Crippen LogP contribution in [0.4, 0.5) is 11.6 Å². The Balaban J connectivity index is 1.38. The lowest BCUT2D eigenvalue weighted by Gasteiger charge is -2.36. The topological polar surface area (TPSA) is 113 Å². The quantitative estimate of drug-likeness (QED) is 0.400. The zero-order valence-electron chi connectivity index (χ0n) is 18.4. The molecule has 170 valence electrons. The molecule has 0 radical (unpaired) electrons. The van der Waals surface area contributed by atoms with Gasteiger partial charge in [-0.1, -0.05) is 17.7 Å². The second-order valence-electron chi connectivity index (χ2n) is 8.07. The maximum atomic E-state index is 12.7. The molecule has 3 heterocycles. The van der Waals surface area contributed by atoms with Crippen molar-refractivity contribution in [2.45, 2.75) is 6.04 Å². The summed E-state index contributed by atoms with van der Waals surface area (Å²) >= 11 is 6.52. The summed E-state index contributed by atoms with van der Waals surface area (Å²) in [5.41, 5.74) is 2.75. The Morgan fingerprint density at radius 2 is 2.06 bits per heavy atom. The number of rotatable bonds is 6. The Morgan fingerprint density at radius 1 is 1.24 bits per heavy atom. The van der Waals surface area contributed by atoms with Gasteiger partial charge >= 0.3 is 0 Å². The van der Waals surface area contributed by atoms with E-state index in [9.17, 15) is 4.79 Å². The van der Waals surface area contributed by atoms with Gasteiger partial charge in [0.1, 0.15) is 5.75 Å². The zero-order chi connectivity index (χ0) is 23.1. The number of aryl methyl sites for hydroxylation is 1. The second kappa shape index (κ2) is 8.38. The van der Waals surface area contributed by atoms with Crippen molar-refractivity contribution in [3.63, 3.8) is 0 Å². The van der Waals surface area contributed by atoms with E-state index in [0.29, 0.717) is 33.8 Å². The van der Waals surface area contributed by atoms with Crippen molar-refractivity contribution >= 4 is 40.0 Å². The van der Waals surface area contributed by atoms with Crippen LogP contribution in [-0.4, -0.2) is 69.1 Å². The number of amides is 1. The fraction of sp³-hybridized carbons (Fsp3) is 0.273. The van der Waals surface area contributed by atoms with E-state index in [1.54, 1.807) is 37.2 Å². The van der Waals surface area contributed by atoms with Crippen LogP contribution >= 0.6 is 11.6 Å². The first kappa shape index (κ1) is 21.2. The number of hydrogen-bond donors (Lipinski definition) is 3. The number of benzene rings is 2. The van der Waals surface area contributed by atoms with Gasteiger partial charge in [0, 0.05) is 31.1 Å². The molecule has 2 aromatic heterocycles. The van der Waals surface area contributed by atoms with Crippen molar-refractivity contribution in [1.29, 1.82) is 0 Å². The molecule has 1 amide bonds. The minimum atomic E-state index is -0.155. The van der Waals surface area contributed by atoms with Gasteiger partial charge in [-0.2, -0.15) is 10.1 Å². The molecule has 3 N–H and O–H groups in total. The predicted octanol–water partition coefficient (Wildman–Crippen LogP) is 2.81. The van der Waals surface area contributed by atoms with Crippen LogP contribution in [0.2, 0.25) is 5.02 Å². The fourth-order valence-electron chi connectivity index (χ4n) is 3.89. The third-order valence-electron chi connectivity index (χ3n) is 5.67. The van der Waals surface area contributed by atoms with Crippen LogP contribution in [0.5, 0.6) is 5.75 Å². The highest BCUT2D eigenvalue weighted by Crippen LogP contribution is 2.32. The minimum absolute atomic E-state index is 0.155. The van der Waals surface area contributed by atoms with Crippen LogP contribution in [0, 0.1) is 0 Å². The lowest BCUT2D eigenvalue weighted by Crippen LogP contribution is -2.57. The first-order valence-electron chi connectivity index (χ1n) is 10.4. The van der Waals surface area contributed by atoms with Gasteiger partial charge in [0.25, 0.3) is 5.91 Å². The van der Waals surface area contributed by atoms with E-state index >= 15 is 0 Å². The molecule has 10 nitrogen and oxygen atoms in total. The smallest absolute Gasteiger partial charge is 0.255 e. The Labute approximate surface area is 194 Å². The third-order valence-corrected chi connectivity index (χ3v) is 6.08. The van der Waals surface area contributed by atoms with Gasteiger partial charge in [-0.05, 0) is 31.3 Å². The summed E-state index contributed by atoms with van der Waals surface area (Å²) in [7, 11) is 5.35. The number of anilines is 2. The molecule has 1 saturated heterocycles. The highest BCUT2D eigenvalue weighted by Gasteiger charge is 2.26. The van der Waals surface area contributed by atoms with Gasteiger partial charge in [0.05, 0.1) is 41.1 Å². The van der Waals surface area contributed by atoms with E-state index < -0.39 is 0 Å². The van der Waals surface area contributed by atoms with Crippen LogP contribution in [0.1, 0.15) is 10.4 Å². The summed E-state index contributed by atoms with van der Waals surface area (Å²) in [6.45, 7) is 1.69. The molecule has 0 aliphatic carbocycles. The van der Waals surface area contributed by atoms with E-state index in [1.165, 1.54) is 0 Å². The van der Waals surface area contributed by atoms with E-state index in [2.05, 4.69) is 35.8 Å². The average Bonchev–Trinajstić information content (AvgIpc) is 3.41. The lowest BCUT2D eigenvalue weighted by molar-refractivity contribution is 0.0855. The van der Waals surface area contributed by atoms with Crippen molar-refractivity contribution in [2.24, 2.45) is 7.05 Å². The maximum Gasteiger partial charge on any atom is 0.255 e. The largest absolute Gasteiger partial charge is 0.496 e. The monoisotopic (exact) mass is 466 g/mol. The van der Waals surface area contributed by atoms with Gasteiger partial charge in [0.15, 0.2) is 5.82 Å². The molecule has 33 heavy (non-hydrogen) atoms. The number of nitrogens with zero attached hydrogens (tertiary/aromatic N) is 5. The second-order valence-corrected chi connectivity index (χ2v) is 8.45. The summed E-state index contributed by atoms with van der Waals surface area (Å²) < 4.78 is 7.12. The lowest BCUT2D eigenvalue weighted by atomic mass is 10.1. The number of halogens is 1. The van der Waals surface area contributed by atoms with Crippen LogP contribution in [0.15, 0.2) is 36.5 Å². The number of aromatic nitrogens is 5. The van der Waals surface area contributed by atoms with Gasteiger partial charge in [0.2, 0.25) is 5.95 Å². The van der Waals surface area contributed by atoms with Crippen molar-refractivity contribution in [3.8, 4) is 17.1 Å². The Morgan fingerprint density at radius 3 is 2.82 bits per heavy atom. The van der Waals surface area contributed by atoms with Crippen LogP contribution in [0.25, 0.3) is 22.3 Å². The zero-order valence-corrected chi connectivity index (χ0v) is 19.1. The molecule has 0 atom stereocenters. The molecule has 4 aromatic rings. The molecule has 11 heteroatoms.